The molecule has 2 aromatic heterocycles. The number of ether oxygens (including phenoxy) is 2. The van der Waals surface area contributed by atoms with Gasteiger partial charge >= 0.3 is 16.3 Å². The quantitative estimate of drug-likeness (QED) is 0.165. The predicted octanol–water partition coefficient (Wildman–Crippen LogP) is 7.06. The lowest BCUT2D eigenvalue weighted by Crippen LogP contribution is -2.53. The second-order valence-electron chi connectivity index (χ2n) is 18.0. The minimum Gasteiger partial charge on any atom is -0.459 e. The van der Waals surface area contributed by atoms with Crippen LogP contribution in [0.3, 0.4) is 0 Å². The van der Waals surface area contributed by atoms with Crippen molar-refractivity contribution in [1.82, 2.24) is 33.8 Å². The summed E-state index contributed by atoms with van der Waals surface area (Å²) in [5, 5.41) is 5.68. The Morgan fingerprint density at radius 2 is 1.77 bits per heavy atom. The van der Waals surface area contributed by atoms with Gasteiger partial charge in [-0.05, 0) is 72.3 Å². The van der Waals surface area contributed by atoms with Crippen LogP contribution in [0.5, 0.6) is 6.01 Å². The van der Waals surface area contributed by atoms with Gasteiger partial charge in [0.1, 0.15) is 28.3 Å². The molecule has 0 bridgehead atoms. The van der Waals surface area contributed by atoms with Gasteiger partial charge in [-0.2, -0.15) is 17.7 Å². The van der Waals surface area contributed by atoms with Crippen LogP contribution in [0.15, 0.2) is 66.1 Å². The molecule has 17 heteroatoms. The summed E-state index contributed by atoms with van der Waals surface area (Å²) in [6.45, 7) is 9.27. The second-order valence-corrected chi connectivity index (χ2v) is 20.8. The van der Waals surface area contributed by atoms with E-state index in [4.69, 9.17) is 19.4 Å². The second kappa shape index (κ2) is 17.9. The van der Waals surface area contributed by atoms with E-state index >= 15 is 0 Å². The first-order valence-corrected chi connectivity index (χ1v) is 23.6. The number of carbonyl (C=O) groups is 4. The third-order valence-corrected chi connectivity index (χ3v) is 14.0. The van der Waals surface area contributed by atoms with Crippen molar-refractivity contribution >= 4 is 56.3 Å². The van der Waals surface area contributed by atoms with E-state index in [1.54, 1.807) is 32.1 Å². The lowest BCUT2D eigenvalue weighted by molar-refractivity contribution is -0.140. The van der Waals surface area contributed by atoms with Gasteiger partial charge in [0.05, 0.1) is 29.2 Å². The van der Waals surface area contributed by atoms with E-state index in [2.05, 4.69) is 10.0 Å². The Kier molecular flexibility index (Phi) is 13.0. The van der Waals surface area contributed by atoms with E-state index in [-0.39, 0.29) is 37.8 Å². The number of rotatable bonds is 9. The number of nitrogens with zero attached hydrogens (tertiary/aromatic N) is 5. The molecule has 15 nitrogen and oxygen atoms in total. The molecule has 332 valence electrons. The average Bonchev–Trinajstić information content (AvgIpc) is 3.56. The Bertz CT molecular complexity index is 2460. The number of Topliss-reactive ketones (excluding diaryl/α,β-unsaturated/α-hetero) is 1. The number of hydrogen-bond acceptors (Lipinski definition) is 11. The Morgan fingerprint density at radius 3 is 2.48 bits per heavy atom. The maximum Gasteiger partial charge on any atom is 0.408 e. The number of para-hydroxylation sites is 1. The molecule has 3 aliphatic rings. The number of ketones is 1. The van der Waals surface area contributed by atoms with Crippen LogP contribution in [-0.4, -0.2) is 100 Å². The number of thiazole rings is 1. The highest BCUT2D eigenvalue weighted by molar-refractivity contribution is 7.87. The number of carbonyl (C=O) groups excluding carboxylic acids is 4. The van der Waals surface area contributed by atoms with Gasteiger partial charge in [-0.25, -0.2) is 14.5 Å². The van der Waals surface area contributed by atoms with Gasteiger partial charge in [0.2, 0.25) is 11.8 Å². The van der Waals surface area contributed by atoms with E-state index in [1.807, 2.05) is 84.5 Å². The summed E-state index contributed by atoms with van der Waals surface area (Å²) < 4.78 is 43.1. The van der Waals surface area contributed by atoms with E-state index in [0.29, 0.717) is 30.8 Å². The summed E-state index contributed by atoms with van der Waals surface area (Å²) in [6.07, 6.45) is 5.68. The Morgan fingerprint density at radius 1 is 1.02 bits per heavy atom. The molecule has 0 radical (unpaired) electrons. The number of amides is 3. The molecule has 2 aliphatic heterocycles. The maximum atomic E-state index is 14.7. The molecule has 2 N–H and O–H groups in total. The third kappa shape index (κ3) is 9.74. The minimum absolute atomic E-state index is 0.0000454. The van der Waals surface area contributed by atoms with Gasteiger partial charge in [0, 0.05) is 49.5 Å². The molecule has 62 heavy (non-hydrogen) atoms. The fourth-order valence-corrected chi connectivity index (χ4v) is 9.85. The molecular weight excluding hydrogens is 831 g/mol. The number of imidazole rings is 1. The fourth-order valence-electron chi connectivity index (χ4n) is 8.40. The SMILES string of the molecule is CC(C)n1c(O[C@@H]2C[C@H]3C(=O)C[C@]4(C(=O)NS(=O)(=O)N(C)C)C[C@H]4/C=C\CCCCC[C@H](NC(=O)OC(C)(C)C)C(=O)N3C2)nc2c(-c3csc(-c4ccccc4)n3)cccc21. The topological polar surface area (TPSA) is 182 Å². The van der Waals surface area contributed by atoms with Gasteiger partial charge in [-0.3, -0.25) is 19.0 Å². The van der Waals surface area contributed by atoms with Crippen molar-refractivity contribution < 1.29 is 37.1 Å². The number of fused-ring (bicyclic) bond motifs is 3. The molecule has 0 spiro atoms. The lowest BCUT2D eigenvalue weighted by Gasteiger charge is -2.30. The lowest BCUT2D eigenvalue weighted by atomic mass is 9.91. The summed E-state index contributed by atoms with van der Waals surface area (Å²) in [4.78, 5) is 67.9. The number of allylic oxidation sites excluding steroid dienone is 2. The van der Waals surface area contributed by atoms with Gasteiger partial charge in [0.15, 0.2) is 5.78 Å². The monoisotopic (exact) mass is 887 g/mol. The molecule has 5 atom stereocenters. The zero-order chi connectivity index (χ0) is 44.6. The normalized spacial score (nSPS) is 24.2. The maximum absolute atomic E-state index is 14.7. The van der Waals surface area contributed by atoms with Crippen molar-refractivity contribution in [2.45, 2.75) is 116 Å². The summed E-state index contributed by atoms with van der Waals surface area (Å²) >= 11 is 1.55. The molecule has 0 unspecified atom stereocenters. The van der Waals surface area contributed by atoms with Crippen LogP contribution in [0.25, 0.3) is 32.9 Å². The fraction of sp³-hybridized carbons (Fsp3) is 0.511. The van der Waals surface area contributed by atoms with Crippen LogP contribution in [0.1, 0.15) is 92.0 Å². The molecule has 4 aromatic rings. The predicted molar refractivity (Wildman–Crippen MR) is 237 cm³/mol. The van der Waals surface area contributed by atoms with Gasteiger partial charge < -0.3 is 19.7 Å². The minimum atomic E-state index is -4.15. The number of nitrogens with one attached hydrogen (secondary N) is 2. The number of benzene rings is 2. The number of hydrogen-bond donors (Lipinski definition) is 2. The number of alkyl carbamates (subject to hydrolysis) is 1. The molecule has 1 aliphatic carbocycles. The summed E-state index contributed by atoms with van der Waals surface area (Å²) in [6, 6.07) is 14.1. The van der Waals surface area contributed by atoms with Crippen LogP contribution in [0.4, 0.5) is 4.79 Å². The highest BCUT2D eigenvalue weighted by atomic mass is 32.2. The molecule has 1 saturated heterocycles. The smallest absolute Gasteiger partial charge is 0.408 e. The third-order valence-electron chi connectivity index (χ3n) is 11.7. The van der Waals surface area contributed by atoms with Crippen molar-refractivity contribution in [1.29, 1.82) is 0 Å². The molecule has 2 aromatic carbocycles. The van der Waals surface area contributed by atoms with Crippen LogP contribution >= 0.6 is 11.3 Å². The van der Waals surface area contributed by atoms with E-state index in [0.717, 1.165) is 44.5 Å². The Balaban J connectivity index is 1.23. The van der Waals surface area contributed by atoms with Crippen molar-refractivity contribution in [2.24, 2.45) is 11.3 Å². The average molecular weight is 888 g/mol. The van der Waals surface area contributed by atoms with Gasteiger partial charge in [0.25, 0.3) is 6.01 Å². The molecule has 3 amide bonds. The largest absolute Gasteiger partial charge is 0.459 e. The van der Waals surface area contributed by atoms with Crippen molar-refractivity contribution in [3.63, 3.8) is 0 Å². The molecule has 7 rings (SSSR count). The van der Waals surface area contributed by atoms with E-state index in [9.17, 15) is 27.6 Å². The highest BCUT2D eigenvalue weighted by Crippen LogP contribution is 2.57. The van der Waals surface area contributed by atoms with Crippen LogP contribution in [0, 0.1) is 11.3 Å². The zero-order valence-electron chi connectivity index (χ0n) is 36.4. The van der Waals surface area contributed by atoms with Crippen molar-refractivity contribution in [2.75, 3.05) is 20.6 Å². The zero-order valence-corrected chi connectivity index (χ0v) is 38.1. The Hall–Kier alpha value is -5.13. The van der Waals surface area contributed by atoms with E-state index in [1.165, 1.54) is 19.0 Å². The molecule has 1 saturated carbocycles. The standard InChI is InChI=1S/C45H57N7O8S2/c1-28(2)52-35-22-16-20-32(34-27-61-39(46-34)29-17-12-11-13-18-29)38(35)48-42(52)59-31-23-36-37(53)25-45(41(55)49-62(57,58)50(6)7)24-30(45)19-14-9-8-10-15-21-33(40(54)51(36)26-31)47-43(56)60-44(3,4)5/h11-14,16-20,22,27-28,30-31,33,36H,8-10,15,21,23-26H2,1-7H3,(H,47,56)(H,49,55)/b19-14-/t30-,31-,33+,36+,45-/m1/s1. The van der Waals surface area contributed by atoms with E-state index < -0.39 is 63.1 Å². The van der Waals surface area contributed by atoms with Gasteiger partial charge in [-0.15, -0.1) is 11.3 Å². The van der Waals surface area contributed by atoms with Crippen LogP contribution < -0.4 is 14.8 Å². The summed E-state index contributed by atoms with van der Waals surface area (Å²) in [5.74, 6) is -1.99. The molecule has 4 heterocycles. The summed E-state index contributed by atoms with van der Waals surface area (Å²) in [7, 11) is -1.51. The molecule has 2 fully saturated rings. The summed E-state index contributed by atoms with van der Waals surface area (Å²) in [5.41, 5.74) is 2.01. The van der Waals surface area contributed by atoms with Crippen LogP contribution in [0.2, 0.25) is 0 Å². The van der Waals surface area contributed by atoms with Crippen LogP contribution in [-0.2, 0) is 29.3 Å². The van der Waals surface area contributed by atoms with Gasteiger partial charge in [-0.1, -0.05) is 67.5 Å². The van der Waals surface area contributed by atoms with Crippen molar-refractivity contribution in [3.05, 3.63) is 66.1 Å². The highest BCUT2D eigenvalue weighted by Gasteiger charge is 2.61. The molecular formula is C45H57N7O8S2. The first kappa shape index (κ1) is 44.9. The van der Waals surface area contributed by atoms with Crippen molar-refractivity contribution in [3.8, 4) is 27.8 Å². The first-order valence-electron chi connectivity index (χ1n) is 21.3. The number of aromatic nitrogens is 3. The Labute approximate surface area is 367 Å². The first-order chi connectivity index (χ1) is 29.4.